The molecule has 1 saturated heterocycles. The summed E-state index contributed by atoms with van der Waals surface area (Å²) >= 11 is 0. The van der Waals surface area contributed by atoms with Gasteiger partial charge in [-0.15, -0.1) is 0 Å². The van der Waals surface area contributed by atoms with Crippen molar-refractivity contribution in [3.63, 3.8) is 0 Å². The summed E-state index contributed by atoms with van der Waals surface area (Å²) in [4.78, 5) is 1.83. The lowest BCUT2D eigenvalue weighted by Crippen LogP contribution is -2.46. The Labute approximate surface area is 77.9 Å². The predicted octanol–water partition coefficient (Wildman–Crippen LogP) is 1.75. The lowest BCUT2D eigenvalue weighted by atomic mass is 10.2. The van der Waals surface area contributed by atoms with Crippen LogP contribution in [0.25, 0.3) is 0 Å². The minimum atomic E-state index is -2.31. The molecule has 1 rings (SSSR count). The summed E-state index contributed by atoms with van der Waals surface area (Å²) in [5, 5.41) is 0. The van der Waals surface area contributed by atoms with Gasteiger partial charge in [0.15, 0.2) is 0 Å². The molecular formula is C9H17F2NO. The second-order valence-electron chi connectivity index (χ2n) is 3.66. The molecule has 0 N–H and O–H groups in total. The number of alkyl halides is 2. The van der Waals surface area contributed by atoms with Gasteiger partial charge in [-0.25, -0.2) is 8.78 Å². The monoisotopic (exact) mass is 193 g/mol. The van der Waals surface area contributed by atoms with Gasteiger partial charge in [0.25, 0.3) is 6.43 Å². The van der Waals surface area contributed by atoms with Crippen LogP contribution in [-0.2, 0) is 4.74 Å². The van der Waals surface area contributed by atoms with Crippen LogP contribution in [0.5, 0.6) is 0 Å². The molecule has 1 heterocycles. The first-order chi connectivity index (χ1) is 6.13. The van der Waals surface area contributed by atoms with Gasteiger partial charge in [-0.3, -0.25) is 4.90 Å². The summed E-state index contributed by atoms with van der Waals surface area (Å²) < 4.78 is 30.3. The van der Waals surface area contributed by atoms with Gasteiger partial charge in [0, 0.05) is 19.2 Å². The molecule has 0 aliphatic carbocycles. The average molecular weight is 193 g/mol. The molecule has 4 heteroatoms. The lowest BCUT2D eigenvalue weighted by molar-refractivity contribution is -0.0164. The van der Waals surface area contributed by atoms with Crippen LogP contribution in [0.1, 0.15) is 20.3 Å². The zero-order valence-corrected chi connectivity index (χ0v) is 8.17. The molecule has 78 valence electrons. The third kappa shape index (κ3) is 2.88. The Kier molecular flexibility index (Phi) is 4.06. The Morgan fingerprint density at radius 1 is 1.38 bits per heavy atom. The smallest absolute Gasteiger partial charge is 0.256 e. The van der Waals surface area contributed by atoms with Crippen LogP contribution in [0.4, 0.5) is 8.78 Å². The molecule has 0 bridgehead atoms. The van der Waals surface area contributed by atoms with Crippen LogP contribution in [-0.4, -0.2) is 43.2 Å². The minimum Gasteiger partial charge on any atom is -0.380 e. The molecule has 1 aliphatic heterocycles. The molecule has 0 aromatic rings. The zero-order chi connectivity index (χ0) is 9.84. The largest absolute Gasteiger partial charge is 0.380 e. The van der Waals surface area contributed by atoms with Crippen LogP contribution in [0.15, 0.2) is 0 Å². The van der Waals surface area contributed by atoms with Crippen LogP contribution < -0.4 is 0 Å². The highest BCUT2D eigenvalue weighted by atomic mass is 19.3. The van der Waals surface area contributed by atoms with E-state index in [4.69, 9.17) is 4.74 Å². The van der Waals surface area contributed by atoms with Crippen molar-refractivity contribution in [3.05, 3.63) is 0 Å². The van der Waals surface area contributed by atoms with E-state index in [0.717, 1.165) is 6.42 Å². The Morgan fingerprint density at radius 3 is 2.62 bits per heavy atom. The van der Waals surface area contributed by atoms with E-state index in [9.17, 15) is 8.78 Å². The third-order valence-corrected chi connectivity index (χ3v) is 2.37. The molecule has 2 nitrogen and oxygen atoms in total. The summed E-state index contributed by atoms with van der Waals surface area (Å²) in [7, 11) is 0. The second-order valence-corrected chi connectivity index (χ2v) is 3.66. The highest BCUT2D eigenvalue weighted by molar-refractivity contribution is 4.78. The molecule has 0 amide bonds. The normalized spacial score (nSPS) is 26.8. The van der Waals surface area contributed by atoms with Crippen molar-refractivity contribution < 1.29 is 13.5 Å². The average Bonchev–Trinajstić information content (AvgIpc) is 2.27. The first-order valence-electron chi connectivity index (χ1n) is 4.74. The van der Waals surface area contributed by atoms with Crippen LogP contribution in [0.2, 0.25) is 0 Å². The molecule has 0 saturated carbocycles. The van der Waals surface area contributed by atoms with E-state index in [1.807, 2.05) is 18.7 Å². The number of halogens is 2. The van der Waals surface area contributed by atoms with Crippen molar-refractivity contribution in [3.8, 4) is 0 Å². The fourth-order valence-electron chi connectivity index (χ4n) is 1.67. The molecule has 0 spiro atoms. The number of nitrogens with zero attached hydrogens (tertiary/aromatic N) is 1. The van der Waals surface area contributed by atoms with Crippen LogP contribution in [0, 0.1) is 0 Å². The number of rotatable bonds is 2. The predicted molar refractivity (Wildman–Crippen MR) is 47.1 cm³/mol. The first-order valence-corrected chi connectivity index (χ1v) is 4.74. The molecule has 1 fully saturated rings. The van der Waals surface area contributed by atoms with E-state index in [1.165, 1.54) is 0 Å². The van der Waals surface area contributed by atoms with Crippen molar-refractivity contribution in [1.29, 1.82) is 0 Å². The van der Waals surface area contributed by atoms with E-state index in [0.29, 0.717) is 13.2 Å². The molecule has 0 aromatic heterocycles. The van der Waals surface area contributed by atoms with E-state index >= 15 is 0 Å². The van der Waals surface area contributed by atoms with Gasteiger partial charge in [0.05, 0.1) is 12.6 Å². The molecule has 0 unspecified atom stereocenters. The Balaban J connectivity index is 2.61. The van der Waals surface area contributed by atoms with Crippen molar-refractivity contribution in [2.24, 2.45) is 0 Å². The lowest BCUT2D eigenvalue weighted by Gasteiger charge is -2.31. The topological polar surface area (TPSA) is 12.5 Å². The maximum Gasteiger partial charge on any atom is 0.256 e. The van der Waals surface area contributed by atoms with E-state index < -0.39 is 12.5 Å². The summed E-state index contributed by atoms with van der Waals surface area (Å²) in [6, 6.07) is -0.553. The Morgan fingerprint density at radius 2 is 2.08 bits per heavy atom. The number of hydrogen-bond acceptors (Lipinski definition) is 2. The summed E-state index contributed by atoms with van der Waals surface area (Å²) in [6.07, 6.45) is -1.46. The third-order valence-electron chi connectivity index (χ3n) is 2.37. The van der Waals surface area contributed by atoms with Crippen molar-refractivity contribution in [1.82, 2.24) is 4.90 Å². The maximum absolute atomic E-state index is 12.6. The summed E-state index contributed by atoms with van der Waals surface area (Å²) in [5.41, 5.74) is 0. The minimum absolute atomic E-state index is 0.163. The highest BCUT2D eigenvalue weighted by Gasteiger charge is 2.30. The molecule has 1 aliphatic rings. The zero-order valence-electron chi connectivity index (χ0n) is 8.17. The number of hydrogen-bond donors (Lipinski definition) is 0. The molecule has 1 atom stereocenters. The molecular weight excluding hydrogens is 176 g/mol. The van der Waals surface area contributed by atoms with Gasteiger partial charge in [-0.1, -0.05) is 0 Å². The van der Waals surface area contributed by atoms with Crippen molar-refractivity contribution >= 4 is 0 Å². The Hall–Kier alpha value is -0.220. The summed E-state index contributed by atoms with van der Waals surface area (Å²) in [6.45, 7) is 5.37. The van der Waals surface area contributed by atoms with Gasteiger partial charge in [-0.2, -0.15) is 0 Å². The van der Waals surface area contributed by atoms with Gasteiger partial charge in [0.2, 0.25) is 0 Å². The standard InChI is InChI=1S/C9H17F2NO/c1-7(2)12-4-3-5-13-6-8(12)9(10)11/h7-9H,3-6H2,1-2H3/t8-/m0/s1. The SMILES string of the molecule is CC(C)N1CCCOC[C@H]1C(F)F. The van der Waals surface area contributed by atoms with Crippen LogP contribution >= 0.6 is 0 Å². The van der Waals surface area contributed by atoms with Gasteiger partial charge < -0.3 is 4.74 Å². The quantitative estimate of drug-likeness (QED) is 0.662. The number of ether oxygens (including phenoxy) is 1. The van der Waals surface area contributed by atoms with E-state index in [-0.39, 0.29) is 12.6 Å². The van der Waals surface area contributed by atoms with E-state index in [1.54, 1.807) is 0 Å². The fourth-order valence-corrected chi connectivity index (χ4v) is 1.67. The van der Waals surface area contributed by atoms with Gasteiger partial charge in [0.1, 0.15) is 0 Å². The van der Waals surface area contributed by atoms with Crippen molar-refractivity contribution in [2.45, 2.75) is 38.8 Å². The molecule has 0 aromatic carbocycles. The van der Waals surface area contributed by atoms with E-state index in [2.05, 4.69) is 0 Å². The molecule has 0 radical (unpaired) electrons. The fraction of sp³-hybridized carbons (Fsp3) is 1.00. The highest BCUT2D eigenvalue weighted by Crippen LogP contribution is 2.17. The maximum atomic E-state index is 12.6. The first kappa shape index (κ1) is 10.9. The van der Waals surface area contributed by atoms with Crippen molar-refractivity contribution in [2.75, 3.05) is 19.8 Å². The van der Waals surface area contributed by atoms with Crippen LogP contribution in [0.3, 0.4) is 0 Å². The Bertz CT molecular complexity index is 137. The van der Waals surface area contributed by atoms with Gasteiger partial charge >= 0.3 is 0 Å². The van der Waals surface area contributed by atoms with Gasteiger partial charge in [-0.05, 0) is 20.3 Å². The second kappa shape index (κ2) is 4.86. The molecule has 13 heavy (non-hydrogen) atoms. The summed E-state index contributed by atoms with van der Waals surface area (Å²) in [5.74, 6) is 0.